The number of hydrogen-bond donors (Lipinski definition) is 0. The summed E-state index contributed by atoms with van der Waals surface area (Å²) in [6, 6.07) is 1.53. The van der Waals surface area contributed by atoms with E-state index in [1.54, 1.807) is 0 Å². The molecule has 0 unspecified atom stereocenters. The molecule has 13 heavy (non-hydrogen) atoms. The summed E-state index contributed by atoms with van der Waals surface area (Å²) in [4.78, 5) is 6.60. The van der Waals surface area contributed by atoms with Gasteiger partial charge < -0.3 is 4.74 Å². The van der Waals surface area contributed by atoms with E-state index in [1.807, 2.05) is 0 Å². The van der Waals surface area contributed by atoms with Gasteiger partial charge in [-0.15, -0.1) is 0 Å². The Morgan fingerprint density at radius 1 is 1.23 bits per heavy atom. The third-order valence-electron chi connectivity index (χ3n) is 2.01. The zero-order valence-corrected chi connectivity index (χ0v) is 9.46. The fourth-order valence-corrected chi connectivity index (χ4v) is 1.67. The highest BCUT2D eigenvalue weighted by Gasteiger charge is 2.45. The Kier molecular flexibility index (Phi) is 2.55. The highest BCUT2D eigenvalue weighted by molar-refractivity contribution is 5.80. The summed E-state index contributed by atoms with van der Waals surface area (Å²) >= 11 is 0. The average molecular weight is 184 g/mol. The van der Waals surface area contributed by atoms with Crippen molar-refractivity contribution >= 4 is 6.02 Å². The molecule has 1 aliphatic rings. The normalized spacial score (nSPS) is 23.7. The van der Waals surface area contributed by atoms with Gasteiger partial charge in [-0.25, -0.2) is 4.99 Å². The lowest BCUT2D eigenvalue weighted by atomic mass is 10.1. The predicted molar refractivity (Wildman–Crippen MR) is 54.7 cm³/mol. The van der Waals surface area contributed by atoms with E-state index in [2.05, 4.69) is 51.4 Å². The summed E-state index contributed by atoms with van der Waals surface area (Å²) < 4.78 is 5.59. The van der Waals surface area contributed by atoms with Crippen molar-refractivity contribution in [2.24, 2.45) is 4.99 Å². The molecular weight excluding hydrogens is 164 g/mol. The molecule has 1 aliphatic heterocycles. The summed E-state index contributed by atoms with van der Waals surface area (Å²) in [7, 11) is 0. The van der Waals surface area contributed by atoms with Crippen LogP contribution in [0.1, 0.15) is 41.5 Å². The molecule has 3 nitrogen and oxygen atoms in total. The van der Waals surface area contributed by atoms with Crippen LogP contribution in [0.2, 0.25) is 0 Å². The molecule has 0 N–H and O–H groups in total. The first-order valence-corrected chi connectivity index (χ1v) is 4.90. The van der Waals surface area contributed by atoms with Gasteiger partial charge in [-0.05, 0) is 41.5 Å². The monoisotopic (exact) mass is 184 g/mol. The van der Waals surface area contributed by atoms with Crippen LogP contribution in [0.25, 0.3) is 0 Å². The smallest absolute Gasteiger partial charge is 0.293 e. The number of aliphatic imine (C=N–C) groups is 1. The van der Waals surface area contributed by atoms with E-state index in [1.165, 1.54) is 0 Å². The SMILES string of the molecule is CC(C)/N=C1\OC(C)(C)N1C(C)C. The standard InChI is InChI=1S/C10H20N2O/c1-7(2)11-9-12(8(3)4)10(5,6)13-9/h7-8H,1-6H3/b11-9-. The van der Waals surface area contributed by atoms with Gasteiger partial charge in [0, 0.05) is 12.1 Å². The Bertz CT molecular complexity index is 219. The Balaban J connectivity index is 2.74. The molecule has 0 radical (unpaired) electrons. The predicted octanol–water partition coefficient (Wildman–Crippen LogP) is 2.23. The second-order valence-corrected chi connectivity index (χ2v) is 4.52. The molecule has 0 atom stereocenters. The Morgan fingerprint density at radius 2 is 1.77 bits per heavy atom. The maximum atomic E-state index is 5.59. The van der Waals surface area contributed by atoms with Gasteiger partial charge in [0.05, 0.1) is 0 Å². The van der Waals surface area contributed by atoms with Crippen molar-refractivity contribution in [2.45, 2.75) is 59.4 Å². The van der Waals surface area contributed by atoms with Crippen LogP contribution in [-0.2, 0) is 4.74 Å². The van der Waals surface area contributed by atoms with Gasteiger partial charge >= 0.3 is 0 Å². The molecule has 1 saturated heterocycles. The third kappa shape index (κ3) is 1.95. The van der Waals surface area contributed by atoms with E-state index in [0.717, 1.165) is 6.02 Å². The van der Waals surface area contributed by atoms with Crippen LogP contribution in [-0.4, -0.2) is 28.7 Å². The second-order valence-electron chi connectivity index (χ2n) is 4.52. The first kappa shape index (κ1) is 10.4. The Hall–Kier alpha value is -0.730. The molecule has 1 fully saturated rings. The molecule has 0 saturated carbocycles. The van der Waals surface area contributed by atoms with Crippen molar-refractivity contribution in [2.75, 3.05) is 0 Å². The summed E-state index contributed by atoms with van der Waals surface area (Å²) in [6.07, 6.45) is 0. The average Bonchev–Trinajstić information content (AvgIpc) is 1.80. The van der Waals surface area contributed by atoms with Gasteiger partial charge in [0.15, 0.2) is 5.72 Å². The van der Waals surface area contributed by atoms with E-state index in [0.29, 0.717) is 12.1 Å². The van der Waals surface area contributed by atoms with E-state index in [4.69, 9.17) is 4.74 Å². The zero-order valence-electron chi connectivity index (χ0n) is 9.46. The molecule has 0 spiro atoms. The lowest BCUT2D eigenvalue weighted by Crippen LogP contribution is -2.65. The quantitative estimate of drug-likeness (QED) is 0.657. The molecule has 0 aliphatic carbocycles. The van der Waals surface area contributed by atoms with E-state index in [9.17, 15) is 0 Å². The van der Waals surface area contributed by atoms with Crippen molar-refractivity contribution < 1.29 is 4.74 Å². The minimum Gasteiger partial charge on any atom is -0.439 e. The summed E-state index contributed by atoms with van der Waals surface area (Å²) in [5.74, 6) is 0. The number of ether oxygens (including phenoxy) is 1. The molecule has 1 heterocycles. The molecule has 0 aromatic rings. The molecule has 0 aromatic carbocycles. The van der Waals surface area contributed by atoms with Crippen LogP contribution in [0.4, 0.5) is 0 Å². The first-order valence-electron chi connectivity index (χ1n) is 4.90. The molecular formula is C10H20N2O. The maximum Gasteiger partial charge on any atom is 0.293 e. The zero-order chi connectivity index (χ0) is 10.2. The molecule has 1 rings (SSSR count). The highest BCUT2D eigenvalue weighted by atomic mass is 16.6. The first-order chi connectivity index (χ1) is 5.84. The lowest BCUT2D eigenvalue weighted by Gasteiger charge is -2.52. The largest absolute Gasteiger partial charge is 0.439 e. The van der Waals surface area contributed by atoms with Crippen molar-refractivity contribution in [1.82, 2.24) is 4.90 Å². The van der Waals surface area contributed by atoms with Crippen LogP contribution in [0.5, 0.6) is 0 Å². The molecule has 76 valence electrons. The summed E-state index contributed by atoms with van der Waals surface area (Å²) in [5.41, 5.74) is -0.179. The summed E-state index contributed by atoms with van der Waals surface area (Å²) in [5, 5.41) is 0. The molecule has 0 aromatic heterocycles. The van der Waals surface area contributed by atoms with Gasteiger partial charge in [-0.1, -0.05) is 0 Å². The topological polar surface area (TPSA) is 24.8 Å². The molecule has 0 amide bonds. The van der Waals surface area contributed by atoms with E-state index < -0.39 is 0 Å². The van der Waals surface area contributed by atoms with Crippen LogP contribution in [0.3, 0.4) is 0 Å². The van der Waals surface area contributed by atoms with Crippen LogP contribution in [0, 0.1) is 0 Å². The van der Waals surface area contributed by atoms with Gasteiger partial charge in [0.25, 0.3) is 6.02 Å². The summed E-state index contributed by atoms with van der Waals surface area (Å²) in [6.45, 7) is 12.5. The van der Waals surface area contributed by atoms with Crippen molar-refractivity contribution in [3.8, 4) is 0 Å². The van der Waals surface area contributed by atoms with Crippen molar-refractivity contribution in [3.05, 3.63) is 0 Å². The maximum absolute atomic E-state index is 5.59. The minimum atomic E-state index is -0.179. The Labute approximate surface area is 80.8 Å². The fourth-order valence-electron chi connectivity index (χ4n) is 1.67. The van der Waals surface area contributed by atoms with Crippen molar-refractivity contribution in [1.29, 1.82) is 0 Å². The fraction of sp³-hybridized carbons (Fsp3) is 0.900. The number of amidine groups is 1. The Morgan fingerprint density at radius 3 is 2.08 bits per heavy atom. The minimum absolute atomic E-state index is 0.179. The van der Waals surface area contributed by atoms with Crippen LogP contribution < -0.4 is 0 Å². The van der Waals surface area contributed by atoms with Gasteiger partial charge in [0.1, 0.15) is 0 Å². The van der Waals surface area contributed by atoms with Gasteiger partial charge in [-0.2, -0.15) is 0 Å². The highest BCUT2D eigenvalue weighted by Crippen LogP contribution is 2.31. The van der Waals surface area contributed by atoms with E-state index >= 15 is 0 Å². The number of nitrogens with zero attached hydrogens (tertiary/aromatic N) is 2. The number of rotatable bonds is 2. The van der Waals surface area contributed by atoms with E-state index in [-0.39, 0.29) is 5.72 Å². The molecule has 3 heteroatoms. The third-order valence-corrected chi connectivity index (χ3v) is 2.01. The van der Waals surface area contributed by atoms with Crippen LogP contribution in [0.15, 0.2) is 4.99 Å². The molecule has 0 bridgehead atoms. The van der Waals surface area contributed by atoms with Crippen molar-refractivity contribution in [3.63, 3.8) is 0 Å². The van der Waals surface area contributed by atoms with Crippen LogP contribution >= 0.6 is 0 Å². The second kappa shape index (κ2) is 3.20. The van der Waals surface area contributed by atoms with Gasteiger partial charge in [0.2, 0.25) is 0 Å². The van der Waals surface area contributed by atoms with Gasteiger partial charge in [-0.3, -0.25) is 4.90 Å². The lowest BCUT2D eigenvalue weighted by molar-refractivity contribution is -0.140. The number of hydrogen-bond acceptors (Lipinski definition) is 2.